The van der Waals surface area contributed by atoms with Crippen molar-refractivity contribution >= 4 is 33.5 Å². The minimum absolute atomic E-state index is 0.403. The summed E-state index contributed by atoms with van der Waals surface area (Å²) in [4.78, 5) is 22.1. The standard InChI is InChI=1S/C18H16.C10H10O4/c1-3-7-15-13(5-1)9-11-18-16-8-4-2-6-14(16)10-12-17(15)18;1-13-9(11)7-3-5-8(6-4-7)10(12)14-2/h1,3,5,7,9-12H,2,4,6,8H2;3-6H,1-2H3. The number of carbonyl (C=O) groups is 2. The molecular formula is C28H26O4. The van der Waals surface area contributed by atoms with Crippen LogP contribution in [0.5, 0.6) is 0 Å². The van der Waals surface area contributed by atoms with Crippen molar-refractivity contribution in [1.82, 2.24) is 0 Å². The Morgan fingerprint density at radius 1 is 0.625 bits per heavy atom. The molecule has 5 rings (SSSR count). The second-order valence-corrected chi connectivity index (χ2v) is 7.85. The molecule has 162 valence electrons. The Kier molecular flexibility index (Phi) is 6.50. The molecule has 4 aromatic carbocycles. The van der Waals surface area contributed by atoms with Gasteiger partial charge in [-0.2, -0.15) is 0 Å². The minimum atomic E-state index is -0.429. The van der Waals surface area contributed by atoms with E-state index in [2.05, 4.69) is 58.0 Å². The quantitative estimate of drug-likeness (QED) is 0.286. The van der Waals surface area contributed by atoms with E-state index in [9.17, 15) is 9.59 Å². The fraction of sp³-hybridized carbons (Fsp3) is 0.214. The Balaban J connectivity index is 0.000000159. The molecule has 0 heterocycles. The highest BCUT2D eigenvalue weighted by Crippen LogP contribution is 2.33. The normalized spacial score (nSPS) is 12.4. The molecule has 0 saturated carbocycles. The van der Waals surface area contributed by atoms with Gasteiger partial charge in [-0.05, 0) is 82.6 Å². The van der Waals surface area contributed by atoms with Crippen molar-refractivity contribution in [3.05, 3.63) is 95.1 Å². The molecule has 0 amide bonds. The molecule has 0 fully saturated rings. The van der Waals surface area contributed by atoms with E-state index in [-0.39, 0.29) is 0 Å². The lowest BCUT2D eigenvalue weighted by atomic mass is 9.86. The molecule has 0 spiro atoms. The second kappa shape index (κ2) is 9.65. The van der Waals surface area contributed by atoms with Gasteiger partial charge in [0.2, 0.25) is 0 Å². The Labute approximate surface area is 187 Å². The highest BCUT2D eigenvalue weighted by Gasteiger charge is 2.13. The first-order chi connectivity index (χ1) is 15.6. The topological polar surface area (TPSA) is 52.6 Å². The lowest BCUT2D eigenvalue weighted by Gasteiger charge is -2.18. The average molecular weight is 427 g/mol. The third-order valence-corrected chi connectivity index (χ3v) is 5.98. The summed E-state index contributed by atoms with van der Waals surface area (Å²) in [6, 6.07) is 24.0. The van der Waals surface area contributed by atoms with Crippen LogP contribution in [0.25, 0.3) is 21.5 Å². The molecule has 1 aliphatic carbocycles. The van der Waals surface area contributed by atoms with Crippen molar-refractivity contribution in [2.24, 2.45) is 0 Å². The van der Waals surface area contributed by atoms with Gasteiger partial charge in [0.25, 0.3) is 0 Å². The zero-order valence-corrected chi connectivity index (χ0v) is 18.4. The Morgan fingerprint density at radius 3 is 1.88 bits per heavy atom. The molecule has 32 heavy (non-hydrogen) atoms. The predicted molar refractivity (Wildman–Crippen MR) is 127 cm³/mol. The number of ether oxygens (including phenoxy) is 2. The van der Waals surface area contributed by atoms with Gasteiger partial charge in [-0.15, -0.1) is 0 Å². The van der Waals surface area contributed by atoms with E-state index in [4.69, 9.17) is 0 Å². The number of rotatable bonds is 2. The number of esters is 2. The Hall–Kier alpha value is -3.66. The van der Waals surface area contributed by atoms with Gasteiger partial charge in [0.15, 0.2) is 0 Å². The van der Waals surface area contributed by atoms with Crippen molar-refractivity contribution in [3.8, 4) is 0 Å². The Bertz CT molecular complexity index is 1240. The first-order valence-electron chi connectivity index (χ1n) is 10.8. The molecule has 0 unspecified atom stereocenters. The van der Waals surface area contributed by atoms with Crippen molar-refractivity contribution in [3.63, 3.8) is 0 Å². The molecule has 1 aliphatic rings. The third kappa shape index (κ3) is 4.35. The van der Waals surface area contributed by atoms with Crippen molar-refractivity contribution in [2.45, 2.75) is 25.7 Å². The summed E-state index contributed by atoms with van der Waals surface area (Å²) < 4.78 is 9.02. The van der Waals surface area contributed by atoms with E-state index < -0.39 is 11.9 Å². The molecule has 0 bridgehead atoms. The molecule has 4 aromatic rings. The Morgan fingerprint density at radius 2 is 1.22 bits per heavy atom. The maximum Gasteiger partial charge on any atom is 0.337 e. The van der Waals surface area contributed by atoms with E-state index in [1.165, 1.54) is 85.7 Å². The summed E-state index contributed by atoms with van der Waals surface area (Å²) in [7, 11) is 2.60. The van der Waals surface area contributed by atoms with Gasteiger partial charge < -0.3 is 9.47 Å². The van der Waals surface area contributed by atoms with Crippen LogP contribution >= 0.6 is 0 Å². The van der Waals surface area contributed by atoms with Crippen molar-refractivity contribution in [2.75, 3.05) is 14.2 Å². The molecule has 0 radical (unpaired) electrons. The van der Waals surface area contributed by atoms with Crippen LogP contribution in [0.3, 0.4) is 0 Å². The lowest BCUT2D eigenvalue weighted by molar-refractivity contribution is 0.0586. The zero-order valence-electron chi connectivity index (χ0n) is 18.4. The van der Waals surface area contributed by atoms with E-state index >= 15 is 0 Å². The number of carbonyl (C=O) groups excluding carboxylic acids is 2. The van der Waals surface area contributed by atoms with Crippen LogP contribution in [0.1, 0.15) is 44.7 Å². The van der Waals surface area contributed by atoms with Gasteiger partial charge in [0.1, 0.15) is 0 Å². The van der Waals surface area contributed by atoms with Crippen LogP contribution in [0.2, 0.25) is 0 Å². The van der Waals surface area contributed by atoms with E-state index in [0.717, 1.165) is 0 Å². The maximum atomic E-state index is 11.0. The summed E-state index contributed by atoms with van der Waals surface area (Å²) in [5.41, 5.74) is 3.98. The zero-order chi connectivity index (χ0) is 22.5. The van der Waals surface area contributed by atoms with Crippen LogP contribution in [0.15, 0.2) is 72.8 Å². The first-order valence-corrected chi connectivity index (χ1v) is 10.8. The summed E-state index contributed by atoms with van der Waals surface area (Å²) in [6.07, 6.45) is 5.22. The number of fused-ring (bicyclic) bond motifs is 5. The maximum absolute atomic E-state index is 11.0. The number of aryl methyl sites for hydroxylation is 2. The van der Waals surface area contributed by atoms with E-state index in [0.29, 0.717) is 11.1 Å². The van der Waals surface area contributed by atoms with Crippen LogP contribution in [-0.4, -0.2) is 26.2 Å². The number of benzene rings is 4. The highest BCUT2D eigenvalue weighted by molar-refractivity contribution is 6.08. The van der Waals surface area contributed by atoms with Crippen molar-refractivity contribution in [1.29, 1.82) is 0 Å². The van der Waals surface area contributed by atoms with Crippen LogP contribution in [-0.2, 0) is 22.3 Å². The monoisotopic (exact) mass is 426 g/mol. The number of hydrogen-bond acceptors (Lipinski definition) is 4. The smallest absolute Gasteiger partial charge is 0.337 e. The van der Waals surface area contributed by atoms with Gasteiger partial charge in [-0.3, -0.25) is 0 Å². The van der Waals surface area contributed by atoms with Crippen molar-refractivity contribution < 1.29 is 19.1 Å². The van der Waals surface area contributed by atoms with E-state index in [1.807, 2.05) is 0 Å². The minimum Gasteiger partial charge on any atom is -0.465 e. The van der Waals surface area contributed by atoms with E-state index in [1.54, 1.807) is 11.1 Å². The third-order valence-electron chi connectivity index (χ3n) is 5.98. The second-order valence-electron chi connectivity index (χ2n) is 7.85. The summed E-state index contributed by atoms with van der Waals surface area (Å²) >= 11 is 0. The molecular weight excluding hydrogens is 400 g/mol. The van der Waals surface area contributed by atoms with Crippen LogP contribution in [0.4, 0.5) is 0 Å². The SMILES string of the molecule is COC(=O)c1ccc(C(=O)OC)cc1.c1ccc2c(c1)ccc1c3c(ccc12)CCCC3. The van der Waals surface area contributed by atoms with Gasteiger partial charge >= 0.3 is 11.9 Å². The molecule has 0 N–H and O–H groups in total. The largest absolute Gasteiger partial charge is 0.465 e. The average Bonchev–Trinajstić information content (AvgIpc) is 2.87. The van der Waals surface area contributed by atoms with Gasteiger partial charge in [0.05, 0.1) is 25.3 Å². The highest BCUT2D eigenvalue weighted by atomic mass is 16.5. The number of hydrogen-bond donors (Lipinski definition) is 0. The molecule has 0 atom stereocenters. The number of methoxy groups -OCH3 is 2. The van der Waals surface area contributed by atoms with Crippen LogP contribution in [0, 0.1) is 0 Å². The lowest BCUT2D eigenvalue weighted by Crippen LogP contribution is -2.04. The molecule has 0 aliphatic heterocycles. The summed E-state index contributed by atoms with van der Waals surface area (Å²) in [6.45, 7) is 0. The van der Waals surface area contributed by atoms with Gasteiger partial charge in [-0.25, -0.2) is 9.59 Å². The molecule has 4 heteroatoms. The summed E-state index contributed by atoms with van der Waals surface area (Å²) in [5, 5.41) is 5.64. The van der Waals surface area contributed by atoms with Gasteiger partial charge in [0, 0.05) is 0 Å². The predicted octanol–water partition coefficient (Wildman–Crippen LogP) is 6.13. The fourth-order valence-electron chi connectivity index (χ4n) is 4.32. The molecule has 0 saturated heterocycles. The molecule has 4 nitrogen and oxygen atoms in total. The van der Waals surface area contributed by atoms with Gasteiger partial charge in [-0.1, -0.05) is 48.5 Å². The molecule has 0 aromatic heterocycles. The first kappa shape index (κ1) is 21.6. The van der Waals surface area contributed by atoms with Crippen LogP contribution < -0.4 is 0 Å². The summed E-state index contributed by atoms with van der Waals surface area (Å²) in [5.74, 6) is -0.858. The fourth-order valence-corrected chi connectivity index (χ4v) is 4.32.